The Balaban J connectivity index is 1.98. The topological polar surface area (TPSA) is 21.3 Å². The van der Waals surface area contributed by atoms with Gasteiger partial charge in [-0.05, 0) is 30.9 Å². The van der Waals surface area contributed by atoms with E-state index in [9.17, 15) is 0 Å². The molecule has 1 aromatic carbocycles. The molecule has 0 spiro atoms. The van der Waals surface area contributed by atoms with Crippen molar-refractivity contribution in [2.75, 3.05) is 25.1 Å². The first-order chi connectivity index (χ1) is 8.16. The molecule has 1 atom stereocenters. The predicted molar refractivity (Wildman–Crippen MR) is 73.5 cm³/mol. The zero-order valence-corrected chi connectivity index (χ0v) is 11.6. The van der Waals surface area contributed by atoms with Gasteiger partial charge in [0.1, 0.15) is 0 Å². The highest BCUT2D eigenvalue weighted by Crippen LogP contribution is 2.33. The second kappa shape index (κ2) is 6.14. The average Bonchev–Trinajstić information content (AvgIpc) is 2.29. The molecule has 0 aliphatic carbocycles. The second-order valence-corrected chi connectivity index (χ2v) is 5.46. The van der Waals surface area contributed by atoms with Crippen LogP contribution in [0.3, 0.4) is 0 Å². The van der Waals surface area contributed by atoms with Gasteiger partial charge >= 0.3 is 0 Å². The van der Waals surface area contributed by atoms with Crippen LogP contribution in [0.1, 0.15) is 12.8 Å². The number of ether oxygens (including phenoxy) is 1. The third kappa shape index (κ3) is 3.65. The Bertz CT molecular complexity index is 368. The number of nitrogens with one attached hydrogen (secondary N) is 1. The minimum atomic E-state index is 0.520. The van der Waals surface area contributed by atoms with Gasteiger partial charge in [0.05, 0.1) is 22.3 Å². The van der Waals surface area contributed by atoms with Crippen molar-refractivity contribution in [1.82, 2.24) is 0 Å². The molecule has 1 fully saturated rings. The smallest absolute Gasteiger partial charge is 0.0720 e. The quantitative estimate of drug-likeness (QED) is 0.887. The summed E-state index contributed by atoms with van der Waals surface area (Å²) in [4.78, 5) is 0. The number of hydrogen-bond donors (Lipinski definition) is 1. The number of hydrogen-bond acceptors (Lipinski definition) is 2. The molecule has 0 amide bonds. The van der Waals surface area contributed by atoms with Crippen LogP contribution >= 0.6 is 34.8 Å². The molecule has 1 saturated heterocycles. The van der Waals surface area contributed by atoms with Gasteiger partial charge in [-0.25, -0.2) is 0 Å². The Labute approximate surface area is 116 Å². The predicted octanol–water partition coefficient (Wildman–Crippen LogP) is 4.49. The molecule has 0 saturated carbocycles. The van der Waals surface area contributed by atoms with Crippen LogP contribution in [0.2, 0.25) is 15.1 Å². The molecule has 2 nitrogen and oxygen atoms in total. The molecule has 17 heavy (non-hydrogen) atoms. The summed E-state index contributed by atoms with van der Waals surface area (Å²) in [5, 5.41) is 4.93. The Kier molecular flexibility index (Phi) is 4.80. The van der Waals surface area contributed by atoms with E-state index < -0.39 is 0 Å². The van der Waals surface area contributed by atoms with Gasteiger partial charge in [-0.15, -0.1) is 0 Å². The van der Waals surface area contributed by atoms with Crippen LogP contribution in [-0.2, 0) is 4.74 Å². The molecular weight excluding hydrogens is 280 g/mol. The summed E-state index contributed by atoms with van der Waals surface area (Å²) < 4.78 is 5.42. The maximum absolute atomic E-state index is 6.09. The summed E-state index contributed by atoms with van der Waals surface area (Å²) in [6, 6.07) is 3.38. The number of benzene rings is 1. The molecular formula is C12H14Cl3NO. The van der Waals surface area contributed by atoms with Crippen molar-refractivity contribution in [3.63, 3.8) is 0 Å². The third-order valence-electron chi connectivity index (χ3n) is 2.83. The van der Waals surface area contributed by atoms with Crippen molar-refractivity contribution in [3.8, 4) is 0 Å². The highest BCUT2D eigenvalue weighted by molar-refractivity contribution is 6.41. The van der Waals surface area contributed by atoms with Crippen molar-refractivity contribution in [2.24, 2.45) is 5.92 Å². The summed E-state index contributed by atoms with van der Waals surface area (Å²) in [5.74, 6) is 0.520. The Morgan fingerprint density at radius 1 is 1.24 bits per heavy atom. The van der Waals surface area contributed by atoms with E-state index in [0.717, 1.165) is 31.9 Å². The van der Waals surface area contributed by atoms with Gasteiger partial charge in [0.15, 0.2) is 0 Å². The second-order valence-electron chi connectivity index (χ2n) is 4.21. The van der Waals surface area contributed by atoms with E-state index in [0.29, 0.717) is 21.0 Å². The van der Waals surface area contributed by atoms with Crippen LogP contribution < -0.4 is 5.32 Å². The van der Waals surface area contributed by atoms with Crippen LogP contribution in [0.15, 0.2) is 12.1 Å². The lowest BCUT2D eigenvalue weighted by Crippen LogP contribution is -2.24. The SMILES string of the molecule is Clc1cc(Cl)c(NCC2CCCOC2)c(Cl)c1. The molecule has 1 N–H and O–H groups in total. The van der Waals surface area contributed by atoms with Gasteiger partial charge in [0.2, 0.25) is 0 Å². The lowest BCUT2D eigenvalue weighted by Gasteiger charge is -2.23. The van der Waals surface area contributed by atoms with Crippen LogP contribution in [0.5, 0.6) is 0 Å². The normalized spacial score (nSPS) is 20.3. The summed E-state index contributed by atoms with van der Waals surface area (Å²) in [5.41, 5.74) is 0.753. The van der Waals surface area contributed by atoms with Gasteiger partial charge in [0, 0.05) is 18.2 Å². The molecule has 0 radical (unpaired) electrons. The fraction of sp³-hybridized carbons (Fsp3) is 0.500. The van der Waals surface area contributed by atoms with E-state index in [1.807, 2.05) is 0 Å². The molecule has 2 rings (SSSR count). The third-order valence-corrected chi connectivity index (χ3v) is 3.64. The molecule has 5 heteroatoms. The largest absolute Gasteiger partial charge is 0.382 e. The van der Waals surface area contributed by atoms with Crippen LogP contribution in [0.4, 0.5) is 5.69 Å². The van der Waals surface area contributed by atoms with E-state index in [1.54, 1.807) is 12.1 Å². The maximum atomic E-state index is 6.09. The maximum Gasteiger partial charge on any atom is 0.0720 e. The van der Waals surface area contributed by atoms with Crippen LogP contribution in [-0.4, -0.2) is 19.8 Å². The van der Waals surface area contributed by atoms with Gasteiger partial charge in [-0.2, -0.15) is 0 Å². The van der Waals surface area contributed by atoms with Gasteiger partial charge in [-0.1, -0.05) is 34.8 Å². The first kappa shape index (κ1) is 13.3. The first-order valence-electron chi connectivity index (χ1n) is 5.63. The highest BCUT2D eigenvalue weighted by atomic mass is 35.5. The van der Waals surface area contributed by atoms with E-state index in [1.165, 1.54) is 6.42 Å². The molecule has 1 aromatic rings. The molecule has 1 unspecified atom stereocenters. The summed E-state index contributed by atoms with van der Waals surface area (Å²) in [7, 11) is 0. The Morgan fingerprint density at radius 3 is 2.53 bits per heavy atom. The zero-order valence-electron chi connectivity index (χ0n) is 9.31. The monoisotopic (exact) mass is 293 g/mol. The summed E-state index contributed by atoms with van der Waals surface area (Å²) in [6.45, 7) is 2.50. The van der Waals surface area contributed by atoms with Gasteiger partial charge in [0.25, 0.3) is 0 Å². The zero-order chi connectivity index (χ0) is 12.3. The number of rotatable bonds is 3. The van der Waals surface area contributed by atoms with Crippen molar-refractivity contribution < 1.29 is 4.74 Å². The fourth-order valence-electron chi connectivity index (χ4n) is 1.93. The fourth-order valence-corrected chi connectivity index (χ4v) is 2.88. The number of anilines is 1. The van der Waals surface area contributed by atoms with Crippen LogP contribution in [0.25, 0.3) is 0 Å². The highest BCUT2D eigenvalue weighted by Gasteiger charge is 2.15. The standard InChI is InChI=1S/C12H14Cl3NO/c13-9-4-10(14)12(11(15)5-9)16-6-8-2-1-3-17-7-8/h4-5,8,16H,1-3,6-7H2. The minimum absolute atomic E-state index is 0.520. The van der Waals surface area contributed by atoms with Crippen molar-refractivity contribution >= 4 is 40.5 Å². The lowest BCUT2D eigenvalue weighted by molar-refractivity contribution is 0.0595. The summed E-state index contributed by atoms with van der Waals surface area (Å²) >= 11 is 18.0. The van der Waals surface area contributed by atoms with Crippen molar-refractivity contribution in [2.45, 2.75) is 12.8 Å². The Morgan fingerprint density at radius 2 is 1.94 bits per heavy atom. The van der Waals surface area contributed by atoms with Gasteiger partial charge < -0.3 is 10.1 Å². The lowest BCUT2D eigenvalue weighted by atomic mass is 10.0. The van der Waals surface area contributed by atoms with Crippen molar-refractivity contribution in [1.29, 1.82) is 0 Å². The molecule has 1 heterocycles. The van der Waals surface area contributed by atoms with E-state index in [4.69, 9.17) is 39.5 Å². The molecule has 94 valence electrons. The minimum Gasteiger partial charge on any atom is -0.382 e. The van der Waals surface area contributed by atoms with Gasteiger partial charge in [-0.3, -0.25) is 0 Å². The first-order valence-corrected chi connectivity index (χ1v) is 6.76. The average molecular weight is 295 g/mol. The molecule has 1 aliphatic rings. The molecule has 0 aromatic heterocycles. The van der Waals surface area contributed by atoms with E-state index in [2.05, 4.69) is 5.32 Å². The molecule has 0 bridgehead atoms. The van der Waals surface area contributed by atoms with E-state index in [-0.39, 0.29) is 0 Å². The molecule has 1 aliphatic heterocycles. The van der Waals surface area contributed by atoms with E-state index >= 15 is 0 Å². The van der Waals surface area contributed by atoms with Crippen molar-refractivity contribution in [3.05, 3.63) is 27.2 Å². The Hall–Kier alpha value is -0.150. The van der Waals surface area contributed by atoms with Crippen LogP contribution in [0, 0.1) is 5.92 Å². The number of halogens is 3. The summed E-state index contributed by atoms with van der Waals surface area (Å²) in [6.07, 6.45) is 2.30.